The van der Waals surface area contributed by atoms with E-state index in [1.54, 1.807) is 6.07 Å². The van der Waals surface area contributed by atoms with Gasteiger partial charge in [0, 0.05) is 11.0 Å². The number of ether oxygens (including phenoxy) is 1. The fourth-order valence-corrected chi connectivity index (χ4v) is 5.59. The molecule has 4 heteroatoms. The maximum absolute atomic E-state index is 14.8. The third kappa shape index (κ3) is 3.89. The Kier molecular flexibility index (Phi) is 5.31. The smallest absolute Gasteiger partial charge is 0.307 e. The molecule has 3 nitrogen and oxygen atoms in total. The third-order valence-corrected chi connectivity index (χ3v) is 7.54. The van der Waals surface area contributed by atoms with Crippen LogP contribution in [0.25, 0.3) is 11.1 Å². The minimum atomic E-state index is -0.700. The average molecular weight is 459 g/mol. The van der Waals surface area contributed by atoms with Gasteiger partial charge in [-0.3, -0.25) is 4.79 Å². The van der Waals surface area contributed by atoms with Crippen LogP contribution in [0.4, 0.5) is 4.39 Å². The first-order valence-corrected chi connectivity index (χ1v) is 12.0. The van der Waals surface area contributed by atoms with Crippen molar-refractivity contribution >= 4 is 5.97 Å². The summed E-state index contributed by atoms with van der Waals surface area (Å²) in [7, 11) is 0. The van der Waals surface area contributed by atoms with Crippen LogP contribution in [-0.2, 0) is 28.7 Å². The number of hydrogen-bond donors (Lipinski definition) is 1. The number of carbonyl (C=O) groups is 1. The van der Waals surface area contributed by atoms with Crippen molar-refractivity contribution in [1.29, 1.82) is 0 Å². The zero-order valence-corrected chi connectivity index (χ0v) is 20.2. The summed E-state index contributed by atoms with van der Waals surface area (Å²) in [6.45, 7) is 8.75. The number of hydrogen-bond acceptors (Lipinski definition) is 2. The van der Waals surface area contributed by atoms with Gasteiger partial charge in [-0.1, -0.05) is 50.6 Å². The van der Waals surface area contributed by atoms with E-state index in [9.17, 15) is 14.3 Å². The molecule has 3 aromatic rings. The molecule has 0 heterocycles. The molecule has 2 atom stereocenters. The quantitative estimate of drug-likeness (QED) is 0.449. The highest BCUT2D eigenvalue weighted by Crippen LogP contribution is 2.62. The van der Waals surface area contributed by atoms with E-state index >= 15 is 0 Å². The molecule has 2 aliphatic rings. The van der Waals surface area contributed by atoms with Gasteiger partial charge in [-0.2, -0.15) is 0 Å². The van der Waals surface area contributed by atoms with Crippen LogP contribution < -0.4 is 4.74 Å². The Hall–Kier alpha value is -3.14. The van der Waals surface area contributed by atoms with Gasteiger partial charge in [0.25, 0.3) is 0 Å². The van der Waals surface area contributed by atoms with Gasteiger partial charge in [0.15, 0.2) is 0 Å². The molecule has 176 valence electrons. The monoisotopic (exact) mass is 458 g/mol. The van der Waals surface area contributed by atoms with Crippen molar-refractivity contribution in [2.24, 2.45) is 5.92 Å². The maximum Gasteiger partial charge on any atom is 0.307 e. The average Bonchev–Trinajstić information content (AvgIpc) is 3.43. The Morgan fingerprint density at radius 2 is 1.88 bits per heavy atom. The van der Waals surface area contributed by atoms with E-state index in [0.29, 0.717) is 12.2 Å². The van der Waals surface area contributed by atoms with Gasteiger partial charge in [-0.15, -0.1) is 0 Å². The first-order valence-electron chi connectivity index (χ1n) is 12.0. The molecule has 5 rings (SSSR count). The van der Waals surface area contributed by atoms with Crippen molar-refractivity contribution in [3.05, 3.63) is 88.2 Å². The summed E-state index contributed by atoms with van der Waals surface area (Å²) in [4.78, 5) is 11.6. The zero-order chi connectivity index (χ0) is 24.3. The van der Waals surface area contributed by atoms with Crippen molar-refractivity contribution in [3.63, 3.8) is 0 Å². The van der Waals surface area contributed by atoms with Gasteiger partial charge in [0.05, 0.1) is 5.92 Å². The summed E-state index contributed by atoms with van der Waals surface area (Å²) in [6, 6.07) is 17.5. The Morgan fingerprint density at radius 3 is 2.59 bits per heavy atom. The third-order valence-electron chi connectivity index (χ3n) is 7.54. The number of carboxylic acids is 1. The van der Waals surface area contributed by atoms with Crippen LogP contribution >= 0.6 is 0 Å². The van der Waals surface area contributed by atoms with Crippen molar-refractivity contribution < 1.29 is 19.0 Å². The summed E-state index contributed by atoms with van der Waals surface area (Å²) in [5.74, 6) is -0.454. The summed E-state index contributed by atoms with van der Waals surface area (Å²) in [5.41, 5.74) is 6.62. The van der Waals surface area contributed by atoms with Crippen molar-refractivity contribution in [1.82, 2.24) is 0 Å². The lowest BCUT2D eigenvalue weighted by Crippen LogP contribution is -2.14. The van der Waals surface area contributed by atoms with Gasteiger partial charge in [-0.05, 0) is 89.8 Å². The SMILES string of the molecule is Cc1ccc(F)c(-c2cc(COc3ccc4c(c3)[C@@]3(CC4)C[C@H]3C(=O)O)ccc2C(C)(C)C)c1. The van der Waals surface area contributed by atoms with Gasteiger partial charge in [0.1, 0.15) is 18.2 Å². The van der Waals surface area contributed by atoms with Crippen molar-refractivity contribution in [2.45, 2.75) is 64.4 Å². The predicted octanol–water partition coefficient (Wildman–Crippen LogP) is 6.97. The maximum atomic E-state index is 14.8. The van der Waals surface area contributed by atoms with E-state index in [1.165, 1.54) is 11.6 Å². The van der Waals surface area contributed by atoms with Gasteiger partial charge in [-0.25, -0.2) is 4.39 Å². The van der Waals surface area contributed by atoms with Crippen molar-refractivity contribution in [3.8, 4) is 16.9 Å². The van der Waals surface area contributed by atoms with Gasteiger partial charge in [0.2, 0.25) is 0 Å². The van der Waals surface area contributed by atoms with Crippen molar-refractivity contribution in [2.75, 3.05) is 0 Å². The van der Waals surface area contributed by atoms with Crippen LogP contribution in [0.1, 0.15) is 61.4 Å². The number of rotatable bonds is 5. The second-order valence-electron chi connectivity index (χ2n) is 11.0. The topological polar surface area (TPSA) is 46.5 Å². The fourth-order valence-electron chi connectivity index (χ4n) is 5.59. The van der Waals surface area contributed by atoms with E-state index in [1.807, 2.05) is 37.3 Å². The minimum absolute atomic E-state index is 0.135. The molecule has 1 fully saturated rings. The lowest BCUT2D eigenvalue weighted by Gasteiger charge is -2.24. The van der Waals surface area contributed by atoms with E-state index in [4.69, 9.17) is 4.74 Å². The molecule has 2 aliphatic carbocycles. The Balaban J connectivity index is 1.43. The lowest BCUT2D eigenvalue weighted by atomic mass is 9.81. The predicted molar refractivity (Wildman–Crippen MR) is 132 cm³/mol. The van der Waals surface area contributed by atoms with Crippen LogP contribution in [-0.4, -0.2) is 11.1 Å². The molecular formula is C30H31FO3. The Labute approximate surface area is 200 Å². The largest absolute Gasteiger partial charge is 0.489 e. The second-order valence-corrected chi connectivity index (χ2v) is 11.0. The number of benzene rings is 3. The summed E-state index contributed by atoms with van der Waals surface area (Å²) in [5, 5.41) is 9.50. The normalized spacial score (nSPS) is 20.9. The van der Waals surface area contributed by atoms with E-state index in [2.05, 4.69) is 32.9 Å². The van der Waals surface area contributed by atoms with E-state index in [0.717, 1.165) is 52.8 Å². The molecule has 1 spiro atoms. The molecule has 1 N–H and O–H groups in total. The highest BCUT2D eigenvalue weighted by molar-refractivity contribution is 5.78. The van der Waals surface area contributed by atoms with Crippen LogP contribution in [0.15, 0.2) is 54.6 Å². The molecular weight excluding hydrogens is 427 g/mol. The fraction of sp³-hybridized carbons (Fsp3) is 0.367. The molecule has 34 heavy (non-hydrogen) atoms. The van der Waals surface area contributed by atoms with E-state index in [-0.39, 0.29) is 22.6 Å². The Bertz CT molecular complexity index is 1290. The second kappa shape index (κ2) is 7.97. The molecule has 1 saturated carbocycles. The number of aliphatic carboxylic acids is 1. The van der Waals surface area contributed by atoms with Gasteiger partial charge < -0.3 is 9.84 Å². The zero-order valence-electron chi connectivity index (χ0n) is 20.2. The summed E-state index contributed by atoms with van der Waals surface area (Å²) < 4.78 is 21.0. The van der Waals surface area contributed by atoms with Crippen LogP contribution in [0.2, 0.25) is 0 Å². The van der Waals surface area contributed by atoms with Gasteiger partial charge >= 0.3 is 5.97 Å². The standard InChI is InChI=1S/C30H31FO3/c1-18-5-10-27(31)23(13-18)22-14-19(6-9-24(22)29(2,3)4)17-34-21-8-7-20-11-12-30(25(20)15-21)16-26(30)28(32)33/h5-10,13-15,26H,11-12,16-17H2,1-4H3,(H,32,33)/t26-,30+/m0/s1. The van der Waals surface area contributed by atoms with Crippen LogP contribution in [0.3, 0.4) is 0 Å². The van der Waals surface area contributed by atoms with E-state index < -0.39 is 5.97 Å². The number of aryl methyl sites for hydroxylation is 2. The number of carboxylic acid groups (broad SMARTS) is 1. The highest BCUT2D eigenvalue weighted by atomic mass is 19.1. The number of halogens is 1. The minimum Gasteiger partial charge on any atom is -0.489 e. The molecule has 0 aliphatic heterocycles. The highest BCUT2D eigenvalue weighted by Gasteiger charge is 2.61. The molecule has 3 aromatic carbocycles. The molecule has 0 saturated heterocycles. The van der Waals surface area contributed by atoms with Crippen LogP contribution in [0, 0.1) is 18.7 Å². The molecule has 0 bridgehead atoms. The first-order chi connectivity index (χ1) is 16.1. The first kappa shape index (κ1) is 22.6. The molecule has 0 unspecified atom stereocenters. The molecule has 0 aromatic heterocycles. The van der Waals surface area contributed by atoms with Crippen LogP contribution in [0.5, 0.6) is 5.75 Å². The lowest BCUT2D eigenvalue weighted by molar-refractivity contribution is -0.139. The Morgan fingerprint density at radius 1 is 1.09 bits per heavy atom. The number of fused-ring (bicyclic) bond motifs is 2. The molecule has 0 amide bonds. The summed E-state index contributed by atoms with van der Waals surface area (Å²) in [6.07, 6.45) is 2.56. The summed E-state index contributed by atoms with van der Waals surface area (Å²) >= 11 is 0. The molecule has 0 radical (unpaired) electrons.